The van der Waals surface area contributed by atoms with Gasteiger partial charge in [0.15, 0.2) is 0 Å². The first-order valence-corrected chi connectivity index (χ1v) is 3.19. The van der Waals surface area contributed by atoms with Crippen molar-refractivity contribution < 1.29 is 0 Å². The zero-order valence-electron chi connectivity index (χ0n) is 5.87. The number of nitrogens with one attached hydrogen (secondary N) is 1. The summed E-state index contributed by atoms with van der Waals surface area (Å²) in [6, 6.07) is 9.94. The Morgan fingerprint density at radius 2 is 1.91 bits per heavy atom. The number of nitrogens with two attached hydrogens (primary N) is 1. The fourth-order valence-electron chi connectivity index (χ4n) is 1.10. The van der Waals surface area contributed by atoms with E-state index in [0.717, 1.165) is 11.3 Å². The minimum Gasteiger partial charge on any atom is -0.385 e. The van der Waals surface area contributed by atoms with Gasteiger partial charge in [-0.25, -0.2) is 0 Å². The molecule has 0 fully saturated rings. The Morgan fingerprint density at radius 1 is 1.18 bits per heavy atom. The van der Waals surface area contributed by atoms with Gasteiger partial charge in [-0.05, 0) is 12.1 Å². The Balaban J connectivity index is 0.000000605. The van der Waals surface area contributed by atoms with E-state index < -0.39 is 0 Å². The first kappa shape index (κ1) is 8.39. The second kappa shape index (κ2) is 3.13. The molecule has 1 aromatic heterocycles. The highest BCUT2D eigenvalue weighted by Gasteiger charge is 1.92. The smallest absolute Gasteiger partial charge is 0.101 e. The minimum absolute atomic E-state index is 0. The van der Waals surface area contributed by atoms with Crippen LogP contribution in [-0.2, 0) is 0 Å². The molecule has 0 bridgehead atoms. The molecule has 1 aromatic carbocycles. The molecule has 0 amide bonds. The lowest BCUT2D eigenvalue weighted by molar-refractivity contribution is 1.47. The standard InChI is InChI=1S/C8H8N2.HI/c9-8-5-6-3-1-2-4-7(6)10-8;/h1-5,10H,9H2;1H. The first-order valence-electron chi connectivity index (χ1n) is 3.19. The van der Waals surface area contributed by atoms with Gasteiger partial charge in [-0.3, -0.25) is 0 Å². The topological polar surface area (TPSA) is 41.8 Å². The van der Waals surface area contributed by atoms with Gasteiger partial charge in [-0.1, -0.05) is 18.2 Å². The first-order chi connectivity index (χ1) is 4.86. The molecule has 0 atom stereocenters. The number of benzene rings is 1. The van der Waals surface area contributed by atoms with Gasteiger partial charge in [0.25, 0.3) is 0 Å². The van der Waals surface area contributed by atoms with Crippen LogP contribution in [0.5, 0.6) is 0 Å². The van der Waals surface area contributed by atoms with Crippen LogP contribution in [0.15, 0.2) is 30.3 Å². The number of rotatable bonds is 0. The average molecular weight is 260 g/mol. The van der Waals surface area contributed by atoms with Crippen LogP contribution >= 0.6 is 24.0 Å². The summed E-state index contributed by atoms with van der Waals surface area (Å²) < 4.78 is 0. The van der Waals surface area contributed by atoms with Gasteiger partial charge in [0.1, 0.15) is 5.82 Å². The third kappa shape index (κ3) is 1.48. The zero-order valence-corrected chi connectivity index (χ0v) is 8.20. The van der Waals surface area contributed by atoms with Gasteiger partial charge in [-0.2, -0.15) is 0 Å². The Bertz CT molecular complexity index is 321. The van der Waals surface area contributed by atoms with Gasteiger partial charge in [0, 0.05) is 10.9 Å². The van der Waals surface area contributed by atoms with Crippen molar-refractivity contribution in [2.24, 2.45) is 0 Å². The maximum absolute atomic E-state index is 5.54. The second-order valence-corrected chi connectivity index (χ2v) is 2.31. The molecular formula is C8H9IN2. The van der Waals surface area contributed by atoms with Crippen LogP contribution in [-0.4, -0.2) is 4.98 Å². The molecule has 0 aliphatic rings. The highest BCUT2D eigenvalue weighted by molar-refractivity contribution is 14.0. The third-order valence-electron chi connectivity index (χ3n) is 1.55. The molecule has 0 radical (unpaired) electrons. The van der Waals surface area contributed by atoms with E-state index in [2.05, 4.69) is 4.98 Å². The quantitative estimate of drug-likeness (QED) is 0.701. The average Bonchev–Trinajstić information content (AvgIpc) is 2.27. The van der Waals surface area contributed by atoms with Crippen LogP contribution in [0.1, 0.15) is 0 Å². The van der Waals surface area contributed by atoms with Crippen molar-refractivity contribution in [1.29, 1.82) is 0 Å². The van der Waals surface area contributed by atoms with E-state index in [-0.39, 0.29) is 24.0 Å². The van der Waals surface area contributed by atoms with E-state index in [4.69, 9.17) is 5.73 Å². The lowest BCUT2D eigenvalue weighted by Gasteiger charge is -1.83. The van der Waals surface area contributed by atoms with Crippen LogP contribution in [0, 0.1) is 0 Å². The Morgan fingerprint density at radius 3 is 2.64 bits per heavy atom. The lowest BCUT2D eigenvalue weighted by Crippen LogP contribution is -1.80. The maximum atomic E-state index is 5.54. The number of aromatic nitrogens is 1. The molecule has 0 aliphatic heterocycles. The van der Waals surface area contributed by atoms with Crippen LogP contribution in [0.2, 0.25) is 0 Å². The molecule has 1 heterocycles. The molecule has 2 rings (SSSR count). The Kier molecular flexibility index (Phi) is 2.38. The van der Waals surface area contributed by atoms with Gasteiger partial charge in [0.2, 0.25) is 0 Å². The van der Waals surface area contributed by atoms with Gasteiger partial charge >= 0.3 is 0 Å². The van der Waals surface area contributed by atoms with E-state index in [1.165, 1.54) is 5.39 Å². The molecule has 0 saturated carbocycles. The molecule has 2 aromatic rings. The van der Waals surface area contributed by atoms with E-state index in [1.807, 2.05) is 30.3 Å². The number of nitrogen functional groups attached to an aromatic ring is 1. The molecule has 3 heteroatoms. The van der Waals surface area contributed by atoms with Gasteiger partial charge in [-0.15, -0.1) is 24.0 Å². The summed E-state index contributed by atoms with van der Waals surface area (Å²) in [6.07, 6.45) is 0. The summed E-state index contributed by atoms with van der Waals surface area (Å²) in [6.45, 7) is 0. The summed E-state index contributed by atoms with van der Waals surface area (Å²) in [5, 5.41) is 1.17. The minimum atomic E-state index is 0. The Labute approximate surface area is 81.8 Å². The highest BCUT2D eigenvalue weighted by atomic mass is 127. The maximum Gasteiger partial charge on any atom is 0.101 e. The van der Waals surface area contributed by atoms with Crippen molar-refractivity contribution in [3.63, 3.8) is 0 Å². The predicted molar refractivity (Wildman–Crippen MR) is 58.1 cm³/mol. The second-order valence-electron chi connectivity index (χ2n) is 2.31. The fraction of sp³-hybridized carbons (Fsp3) is 0. The number of halogens is 1. The number of hydrogen-bond donors (Lipinski definition) is 2. The van der Waals surface area contributed by atoms with Crippen molar-refractivity contribution in [1.82, 2.24) is 4.98 Å². The third-order valence-corrected chi connectivity index (χ3v) is 1.55. The molecule has 58 valence electrons. The number of anilines is 1. The normalized spacial score (nSPS) is 9.45. The largest absolute Gasteiger partial charge is 0.385 e. The molecule has 0 spiro atoms. The van der Waals surface area contributed by atoms with Crippen LogP contribution in [0.4, 0.5) is 5.82 Å². The summed E-state index contributed by atoms with van der Waals surface area (Å²) in [4.78, 5) is 3.04. The molecule has 0 saturated heterocycles. The Hall–Kier alpha value is -0.710. The van der Waals surface area contributed by atoms with Gasteiger partial charge in [0.05, 0.1) is 0 Å². The summed E-state index contributed by atoms with van der Waals surface area (Å²) in [5.74, 6) is 0.723. The van der Waals surface area contributed by atoms with Gasteiger partial charge < -0.3 is 10.7 Å². The SMILES string of the molecule is I.Nc1cc2ccccc2[nH]1. The van der Waals surface area contributed by atoms with Crippen LogP contribution in [0.25, 0.3) is 10.9 Å². The van der Waals surface area contributed by atoms with E-state index >= 15 is 0 Å². The van der Waals surface area contributed by atoms with Crippen LogP contribution < -0.4 is 5.73 Å². The number of H-pyrrole nitrogens is 1. The van der Waals surface area contributed by atoms with Crippen molar-refractivity contribution in [2.75, 3.05) is 5.73 Å². The van der Waals surface area contributed by atoms with Crippen LogP contribution in [0.3, 0.4) is 0 Å². The fourth-order valence-corrected chi connectivity index (χ4v) is 1.10. The summed E-state index contributed by atoms with van der Waals surface area (Å²) >= 11 is 0. The van der Waals surface area contributed by atoms with Crippen molar-refractivity contribution in [3.05, 3.63) is 30.3 Å². The number of para-hydroxylation sites is 1. The molecular weight excluding hydrogens is 251 g/mol. The zero-order chi connectivity index (χ0) is 6.97. The van der Waals surface area contributed by atoms with E-state index in [9.17, 15) is 0 Å². The van der Waals surface area contributed by atoms with Crippen molar-refractivity contribution in [2.45, 2.75) is 0 Å². The van der Waals surface area contributed by atoms with Crippen molar-refractivity contribution >= 4 is 40.7 Å². The number of fused-ring (bicyclic) bond motifs is 1. The highest BCUT2D eigenvalue weighted by Crippen LogP contribution is 2.14. The number of hydrogen-bond acceptors (Lipinski definition) is 1. The predicted octanol–water partition coefficient (Wildman–Crippen LogP) is 2.37. The molecule has 0 aliphatic carbocycles. The van der Waals surface area contributed by atoms with Crippen molar-refractivity contribution in [3.8, 4) is 0 Å². The molecule has 2 nitrogen and oxygen atoms in total. The van der Waals surface area contributed by atoms with E-state index in [0.29, 0.717) is 0 Å². The molecule has 3 N–H and O–H groups in total. The molecule has 11 heavy (non-hydrogen) atoms. The molecule has 0 unspecified atom stereocenters. The number of aromatic amines is 1. The summed E-state index contributed by atoms with van der Waals surface area (Å²) in [7, 11) is 0. The summed E-state index contributed by atoms with van der Waals surface area (Å²) in [5.41, 5.74) is 6.63. The van der Waals surface area contributed by atoms with E-state index in [1.54, 1.807) is 0 Å². The monoisotopic (exact) mass is 260 g/mol. The lowest BCUT2D eigenvalue weighted by atomic mass is 10.3.